The van der Waals surface area contributed by atoms with Gasteiger partial charge in [0.05, 0.1) is 43.2 Å². The standard InChI is InChI=1S/C9H18NO8P.BrH/c11-2-6(12)7-9(14)8(13)5-1-4(18-10(5)7)3-19(15,16)17;/h4-9,11-14H,1-3H2,(H2,15,16,17);1H/t4-,5-,6+,7-,8-,9-;/m0./s1. The Morgan fingerprint density at radius 3 is 2.40 bits per heavy atom. The largest absolute Gasteiger partial charge is 0.394 e. The predicted molar refractivity (Wildman–Crippen MR) is 71.2 cm³/mol. The van der Waals surface area contributed by atoms with E-state index in [-0.39, 0.29) is 23.4 Å². The second kappa shape index (κ2) is 6.66. The third-order valence-electron chi connectivity index (χ3n) is 3.51. The Morgan fingerprint density at radius 1 is 1.30 bits per heavy atom. The minimum atomic E-state index is -4.25. The molecule has 120 valence electrons. The number of hydrogen-bond donors (Lipinski definition) is 6. The first kappa shape index (κ1) is 18.4. The number of fused-ring (bicyclic) bond motifs is 1. The lowest BCUT2D eigenvalue weighted by atomic mass is 10.0. The van der Waals surface area contributed by atoms with Crippen molar-refractivity contribution in [3.63, 3.8) is 0 Å². The van der Waals surface area contributed by atoms with Gasteiger partial charge in [-0.2, -0.15) is 5.06 Å². The van der Waals surface area contributed by atoms with E-state index in [1.807, 2.05) is 0 Å². The summed E-state index contributed by atoms with van der Waals surface area (Å²) in [6.07, 6.45) is -4.95. The number of halogens is 1. The minimum Gasteiger partial charge on any atom is -0.394 e. The highest BCUT2D eigenvalue weighted by atomic mass is 79.9. The van der Waals surface area contributed by atoms with Gasteiger partial charge in [-0.3, -0.25) is 9.40 Å². The van der Waals surface area contributed by atoms with Crippen LogP contribution in [0.5, 0.6) is 0 Å². The molecule has 0 bridgehead atoms. The topological polar surface area (TPSA) is 151 Å². The Bertz CT molecular complexity index is 381. The lowest BCUT2D eigenvalue weighted by Crippen LogP contribution is -2.47. The first-order valence-electron chi connectivity index (χ1n) is 5.89. The zero-order valence-electron chi connectivity index (χ0n) is 10.4. The molecule has 9 nitrogen and oxygen atoms in total. The third-order valence-corrected chi connectivity index (χ3v) is 4.40. The van der Waals surface area contributed by atoms with E-state index in [0.29, 0.717) is 0 Å². The molecule has 2 aliphatic heterocycles. The van der Waals surface area contributed by atoms with Gasteiger partial charge in [-0.1, -0.05) is 0 Å². The molecule has 2 rings (SSSR count). The highest BCUT2D eigenvalue weighted by Crippen LogP contribution is 2.43. The molecule has 2 fully saturated rings. The van der Waals surface area contributed by atoms with Crippen molar-refractivity contribution in [1.82, 2.24) is 5.06 Å². The number of nitrogens with zero attached hydrogens (tertiary/aromatic N) is 1. The van der Waals surface area contributed by atoms with Crippen LogP contribution in [0.15, 0.2) is 0 Å². The quantitative estimate of drug-likeness (QED) is 0.293. The van der Waals surface area contributed by atoms with Gasteiger partial charge in [-0.05, 0) is 6.42 Å². The van der Waals surface area contributed by atoms with Crippen LogP contribution in [0.25, 0.3) is 0 Å². The van der Waals surface area contributed by atoms with Gasteiger partial charge in [0.1, 0.15) is 6.10 Å². The van der Waals surface area contributed by atoms with E-state index >= 15 is 0 Å². The summed E-state index contributed by atoms with van der Waals surface area (Å²) >= 11 is 0. The smallest absolute Gasteiger partial charge is 0.328 e. The fourth-order valence-corrected chi connectivity index (χ4v) is 3.45. The maximum Gasteiger partial charge on any atom is 0.328 e. The molecule has 20 heavy (non-hydrogen) atoms. The summed E-state index contributed by atoms with van der Waals surface area (Å²) in [6.45, 7) is -0.621. The number of aliphatic hydroxyl groups excluding tert-OH is 4. The molecule has 2 heterocycles. The van der Waals surface area contributed by atoms with Crippen LogP contribution in [0.2, 0.25) is 0 Å². The van der Waals surface area contributed by atoms with E-state index in [1.165, 1.54) is 0 Å². The minimum absolute atomic E-state index is 0. The molecule has 0 radical (unpaired) electrons. The fourth-order valence-electron chi connectivity index (χ4n) is 2.71. The van der Waals surface area contributed by atoms with Crippen molar-refractivity contribution < 1.29 is 39.6 Å². The van der Waals surface area contributed by atoms with E-state index in [4.69, 9.17) is 19.7 Å². The van der Waals surface area contributed by atoms with Crippen molar-refractivity contribution in [3.8, 4) is 0 Å². The number of hydroxylamine groups is 2. The van der Waals surface area contributed by atoms with Crippen LogP contribution in [0.3, 0.4) is 0 Å². The zero-order valence-corrected chi connectivity index (χ0v) is 13.0. The summed E-state index contributed by atoms with van der Waals surface area (Å²) in [6, 6.07) is -1.68. The third kappa shape index (κ3) is 3.58. The molecule has 6 atom stereocenters. The van der Waals surface area contributed by atoms with Crippen LogP contribution in [0.4, 0.5) is 0 Å². The molecule has 11 heteroatoms. The molecule has 0 unspecified atom stereocenters. The Kier molecular flexibility index (Phi) is 6.14. The molecule has 0 aromatic carbocycles. The van der Waals surface area contributed by atoms with Gasteiger partial charge in [-0.25, -0.2) is 0 Å². The zero-order chi connectivity index (χ0) is 14.4. The number of aliphatic hydroxyl groups is 4. The summed E-state index contributed by atoms with van der Waals surface area (Å²) < 4.78 is 10.9. The maximum atomic E-state index is 10.9. The van der Waals surface area contributed by atoms with Crippen LogP contribution < -0.4 is 0 Å². The lowest BCUT2D eigenvalue weighted by molar-refractivity contribution is -0.200. The Hall–Kier alpha value is 0.390. The molecule has 0 amide bonds. The van der Waals surface area contributed by atoms with Crippen molar-refractivity contribution in [2.75, 3.05) is 12.8 Å². The van der Waals surface area contributed by atoms with Crippen LogP contribution in [-0.2, 0) is 9.40 Å². The van der Waals surface area contributed by atoms with Gasteiger partial charge >= 0.3 is 7.60 Å². The summed E-state index contributed by atoms with van der Waals surface area (Å²) in [4.78, 5) is 23.1. The summed E-state index contributed by atoms with van der Waals surface area (Å²) in [5, 5.41) is 39.3. The SMILES string of the molecule is Br.O=P(O)(O)C[C@@H]1C[C@H]2[C@H](O)[C@@H](O)[C@H]([C@H](O)CO)N2O1. The van der Waals surface area contributed by atoms with Crippen LogP contribution in [0.1, 0.15) is 6.42 Å². The normalized spacial score (nSPS) is 39.4. The highest BCUT2D eigenvalue weighted by Gasteiger charge is 2.56. The second-order valence-electron chi connectivity index (χ2n) is 4.96. The maximum absolute atomic E-state index is 10.9. The van der Waals surface area contributed by atoms with Gasteiger partial charge in [0, 0.05) is 0 Å². The summed E-state index contributed by atoms with van der Waals surface area (Å²) in [5.41, 5.74) is 0. The van der Waals surface area contributed by atoms with Gasteiger partial charge in [0.15, 0.2) is 0 Å². The Balaban J connectivity index is 0.00000200. The molecule has 0 spiro atoms. The van der Waals surface area contributed by atoms with Gasteiger partial charge in [0.2, 0.25) is 0 Å². The molecular weight excluding hydrogens is 361 g/mol. The van der Waals surface area contributed by atoms with E-state index in [9.17, 15) is 19.9 Å². The van der Waals surface area contributed by atoms with Crippen LogP contribution >= 0.6 is 24.6 Å². The van der Waals surface area contributed by atoms with Crippen molar-refractivity contribution in [3.05, 3.63) is 0 Å². The van der Waals surface area contributed by atoms with Crippen LogP contribution in [-0.4, -0.2) is 84.5 Å². The van der Waals surface area contributed by atoms with E-state index in [0.717, 1.165) is 5.06 Å². The highest BCUT2D eigenvalue weighted by molar-refractivity contribution is 8.93. The second-order valence-corrected chi connectivity index (χ2v) is 6.65. The lowest BCUT2D eigenvalue weighted by Gasteiger charge is -2.27. The Labute approximate surface area is 125 Å². The predicted octanol–water partition coefficient (Wildman–Crippen LogP) is -2.43. The van der Waals surface area contributed by atoms with Crippen molar-refractivity contribution in [1.29, 1.82) is 0 Å². The molecule has 0 aromatic heterocycles. The van der Waals surface area contributed by atoms with Gasteiger partial charge < -0.3 is 30.2 Å². The van der Waals surface area contributed by atoms with Crippen molar-refractivity contribution >= 4 is 24.6 Å². The molecule has 2 aliphatic rings. The number of hydrogen-bond acceptors (Lipinski definition) is 7. The van der Waals surface area contributed by atoms with E-state index in [2.05, 4.69) is 0 Å². The molecular formula is C9H19BrNO8P. The first-order valence-corrected chi connectivity index (χ1v) is 7.69. The van der Waals surface area contributed by atoms with Gasteiger partial charge in [-0.15, -0.1) is 17.0 Å². The summed E-state index contributed by atoms with van der Waals surface area (Å²) in [5.74, 6) is 0. The van der Waals surface area contributed by atoms with Crippen molar-refractivity contribution in [2.24, 2.45) is 0 Å². The average molecular weight is 380 g/mol. The molecule has 2 saturated heterocycles. The molecule has 0 aromatic rings. The van der Waals surface area contributed by atoms with Gasteiger partial charge in [0.25, 0.3) is 0 Å². The van der Waals surface area contributed by atoms with E-state index in [1.54, 1.807) is 0 Å². The van der Waals surface area contributed by atoms with Crippen molar-refractivity contribution in [2.45, 2.75) is 42.9 Å². The molecule has 0 saturated carbocycles. The summed E-state index contributed by atoms with van der Waals surface area (Å²) in [7, 11) is -4.25. The Morgan fingerprint density at radius 2 is 1.90 bits per heavy atom. The molecule has 6 N–H and O–H groups in total. The average Bonchev–Trinajstić information content (AvgIpc) is 2.77. The monoisotopic (exact) mass is 379 g/mol. The number of rotatable bonds is 4. The molecule has 0 aliphatic carbocycles. The fraction of sp³-hybridized carbons (Fsp3) is 1.00. The first-order chi connectivity index (χ1) is 8.74. The van der Waals surface area contributed by atoms with Crippen LogP contribution in [0, 0.1) is 0 Å². The van der Waals surface area contributed by atoms with E-state index < -0.39 is 56.9 Å².